The van der Waals surface area contributed by atoms with Crippen LogP contribution in [0.4, 0.5) is 17.5 Å². The van der Waals surface area contributed by atoms with Gasteiger partial charge >= 0.3 is 0 Å². The number of nitro groups is 1. The average molecular weight is 567 g/mol. The predicted molar refractivity (Wildman–Crippen MR) is 151 cm³/mol. The van der Waals surface area contributed by atoms with Crippen LogP contribution >= 0.6 is 23.2 Å². The molecule has 1 N–H and O–H groups in total. The average Bonchev–Trinajstić information content (AvgIpc) is 3.33. The summed E-state index contributed by atoms with van der Waals surface area (Å²) in [6.07, 6.45) is 3.41. The molecule has 1 fully saturated rings. The van der Waals surface area contributed by atoms with Crippen LogP contribution in [0.2, 0.25) is 10.0 Å². The molecule has 4 aromatic rings. The number of carbonyl (C=O) groups is 1. The van der Waals surface area contributed by atoms with E-state index < -0.39 is 4.92 Å². The summed E-state index contributed by atoms with van der Waals surface area (Å²) in [5, 5.41) is 15.1. The van der Waals surface area contributed by atoms with Crippen molar-refractivity contribution >= 4 is 57.7 Å². The van der Waals surface area contributed by atoms with Gasteiger partial charge in [-0.3, -0.25) is 14.9 Å². The Kier molecular flexibility index (Phi) is 7.62. The van der Waals surface area contributed by atoms with Crippen molar-refractivity contribution in [3.05, 3.63) is 92.7 Å². The van der Waals surface area contributed by atoms with Crippen LogP contribution in [0.3, 0.4) is 0 Å². The van der Waals surface area contributed by atoms with E-state index in [1.54, 1.807) is 47.6 Å². The van der Waals surface area contributed by atoms with Gasteiger partial charge in [0.25, 0.3) is 11.6 Å². The molecule has 2 aromatic carbocycles. The topological polar surface area (TPSA) is 122 Å². The minimum absolute atomic E-state index is 0.0332. The lowest BCUT2D eigenvalue weighted by Gasteiger charge is -2.35. The van der Waals surface area contributed by atoms with Crippen molar-refractivity contribution < 1.29 is 9.72 Å². The number of hydrogen-bond donors (Lipinski definition) is 1. The lowest BCUT2D eigenvalue weighted by atomic mass is 10.2. The van der Waals surface area contributed by atoms with Gasteiger partial charge in [-0.05, 0) is 23.8 Å². The van der Waals surface area contributed by atoms with E-state index in [2.05, 4.69) is 16.9 Å². The highest BCUT2D eigenvalue weighted by Crippen LogP contribution is 2.25. The molecule has 0 saturated carbocycles. The highest BCUT2D eigenvalue weighted by Gasteiger charge is 2.25. The Bertz CT molecular complexity index is 1530. The number of hydrogen-bond acceptors (Lipinski definition) is 8. The molecule has 0 unspecified atom stereocenters. The Labute approximate surface area is 233 Å². The Morgan fingerprint density at radius 3 is 2.41 bits per heavy atom. The molecule has 0 bridgehead atoms. The molecule has 0 radical (unpaired) electrons. The second-order valence-electron chi connectivity index (χ2n) is 8.95. The minimum Gasteiger partial charge on any atom is -0.365 e. The Morgan fingerprint density at radius 2 is 1.77 bits per heavy atom. The van der Waals surface area contributed by atoms with Crippen LogP contribution < -0.4 is 10.2 Å². The third kappa shape index (κ3) is 5.79. The van der Waals surface area contributed by atoms with Crippen molar-refractivity contribution in [3.8, 4) is 0 Å². The summed E-state index contributed by atoms with van der Waals surface area (Å²) >= 11 is 12.2. The molecule has 5 rings (SSSR count). The van der Waals surface area contributed by atoms with Crippen molar-refractivity contribution in [2.24, 2.45) is 0 Å². The van der Waals surface area contributed by atoms with Crippen LogP contribution in [0.25, 0.3) is 11.2 Å². The number of benzene rings is 2. The number of nitro benzene ring substituents is 1. The first-order valence-corrected chi connectivity index (χ1v) is 12.9. The van der Waals surface area contributed by atoms with Gasteiger partial charge in [-0.15, -0.1) is 6.58 Å². The Hall–Kier alpha value is -4.22. The minimum atomic E-state index is -0.426. The molecular weight excluding hydrogens is 543 g/mol. The highest BCUT2D eigenvalue weighted by atomic mass is 35.5. The molecule has 1 amide bonds. The van der Waals surface area contributed by atoms with E-state index in [9.17, 15) is 14.9 Å². The third-order valence-electron chi connectivity index (χ3n) is 6.33. The largest absolute Gasteiger partial charge is 0.365 e. The van der Waals surface area contributed by atoms with E-state index in [0.717, 1.165) is 5.56 Å². The quantitative estimate of drug-likeness (QED) is 0.186. The number of imidazole rings is 1. The first-order valence-electron chi connectivity index (χ1n) is 12.1. The van der Waals surface area contributed by atoms with Crippen LogP contribution in [-0.4, -0.2) is 68.0 Å². The predicted octanol–water partition coefficient (Wildman–Crippen LogP) is 4.65. The molecule has 0 aliphatic carbocycles. The number of halogens is 2. The zero-order valence-electron chi connectivity index (χ0n) is 20.8. The fourth-order valence-corrected chi connectivity index (χ4v) is 4.90. The van der Waals surface area contributed by atoms with Crippen molar-refractivity contribution in [2.45, 2.75) is 6.54 Å². The maximum atomic E-state index is 13.0. The van der Waals surface area contributed by atoms with Crippen molar-refractivity contribution in [3.63, 3.8) is 0 Å². The van der Waals surface area contributed by atoms with Gasteiger partial charge in [0, 0.05) is 60.5 Å². The number of aromatic nitrogens is 4. The molecule has 0 spiro atoms. The number of fused-ring (bicyclic) bond motifs is 1. The highest BCUT2D eigenvalue weighted by molar-refractivity contribution is 6.35. The SMILES string of the molecule is C=CCNc1nc(N2CCN(C(=O)c3cc(Cl)cc(Cl)c3)CC2)nc2c1ncn2Cc1ccc([N+](=O)[O-])cc1. The smallest absolute Gasteiger partial charge is 0.269 e. The second-order valence-corrected chi connectivity index (χ2v) is 9.82. The summed E-state index contributed by atoms with van der Waals surface area (Å²) in [5.74, 6) is 0.951. The molecule has 1 aliphatic rings. The standard InChI is InChI=1S/C26H24Cl2N8O3/c1-2-7-29-23-22-24(35(16-30-22)15-17-3-5-21(6-4-17)36(38)39)32-26(31-23)34-10-8-33(9-11-34)25(37)18-12-19(27)14-20(28)13-18/h2-6,12-14,16H,1,7-11,15H2,(H,29,31,32). The van der Waals surface area contributed by atoms with E-state index in [4.69, 9.17) is 33.2 Å². The van der Waals surface area contributed by atoms with E-state index in [0.29, 0.717) is 77.8 Å². The summed E-state index contributed by atoms with van der Waals surface area (Å²) in [6.45, 7) is 6.69. The molecular formula is C26H24Cl2N8O3. The summed E-state index contributed by atoms with van der Waals surface area (Å²) in [5.41, 5.74) is 2.58. The molecule has 39 heavy (non-hydrogen) atoms. The molecule has 1 aliphatic heterocycles. The maximum absolute atomic E-state index is 13.0. The number of non-ortho nitro benzene ring substituents is 1. The molecule has 2 aromatic heterocycles. The molecule has 0 atom stereocenters. The molecule has 11 nitrogen and oxygen atoms in total. The monoisotopic (exact) mass is 566 g/mol. The zero-order chi connectivity index (χ0) is 27.5. The van der Waals surface area contributed by atoms with Crippen LogP contribution in [0.15, 0.2) is 61.4 Å². The molecule has 3 heterocycles. The van der Waals surface area contributed by atoms with Crippen LogP contribution in [0.5, 0.6) is 0 Å². The number of rotatable bonds is 8. The number of nitrogens with zero attached hydrogens (tertiary/aromatic N) is 7. The summed E-state index contributed by atoms with van der Waals surface area (Å²) in [7, 11) is 0. The number of anilines is 2. The van der Waals surface area contributed by atoms with Gasteiger partial charge in [-0.2, -0.15) is 9.97 Å². The van der Waals surface area contributed by atoms with Crippen LogP contribution in [0.1, 0.15) is 15.9 Å². The molecule has 13 heteroatoms. The van der Waals surface area contributed by atoms with Gasteiger partial charge in [0.2, 0.25) is 5.95 Å². The van der Waals surface area contributed by atoms with Crippen molar-refractivity contribution in [1.29, 1.82) is 0 Å². The third-order valence-corrected chi connectivity index (χ3v) is 6.76. The Balaban J connectivity index is 1.38. The zero-order valence-corrected chi connectivity index (χ0v) is 22.3. The van der Waals surface area contributed by atoms with Gasteiger partial charge < -0.3 is 19.7 Å². The first-order chi connectivity index (χ1) is 18.8. The van der Waals surface area contributed by atoms with E-state index in [1.807, 2.05) is 9.47 Å². The molecule has 1 saturated heterocycles. The normalized spacial score (nSPS) is 13.5. The number of carbonyl (C=O) groups excluding carboxylic acids is 1. The van der Waals surface area contributed by atoms with Crippen molar-refractivity contribution in [2.75, 3.05) is 42.9 Å². The maximum Gasteiger partial charge on any atom is 0.269 e. The van der Waals surface area contributed by atoms with Gasteiger partial charge in [-0.1, -0.05) is 41.4 Å². The Morgan fingerprint density at radius 1 is 1.08 bits per heavy atom. The van der Waals surface area contributed by atoms with Crippen LogP contribution in [0, 0.1) is 10.1 Å². The lowest BCUT2D eigenvalue weighted by Crippen LogP contribution is -2.49. The number of amides is 1. The van der Waals surface area contributed by atoms with E-state index in [-0.39, 0.29) is 11.6 Å². The summed E-state index contributed by atoms with van der Waals surface area (Å²) in [6, 6.07) is 11.2. The number of piperazine rings is 1. The molecule has 200 valence electrons. The number of nitrogens with one attached hydrogen (secondary N) is 1. The lowest BCUT2D eigenvalue weighted by molar-refractivity contribution is -0.384. The van der Waals surface area contributed by atoms with Crippen LogP contribution in [-0.2, 0) is 6.54 Å². The van der Waals surface area contributed by atoms with Gasteiger partial charge in [0.15, 0.2) is 17.0 Å². The fraction of sp³-hybridized carbons (Fsp3) is 0.231. The second kappa shape index (κ2) is 11.3. The summed E-state index contributed by atoms with van der Waals surface area (Å²) < 4.78 is 1.88. The van der Waals surface area contributed by atoms with Crippen molar-refractivity contribution in [1.82, 2.24) is 24.4 Å². The van der Waals surface area contributed by atoms with Gasteiger partial charge in [0.1, 0.15) is 0 Å². The van der Waals surface area contributed by atoms with E-state index in [1.165, 1.54) is 12.1 Å². The van der Waals surface area contributed by atoms with Gasteiger partial charge in [0.05, 0.1) is 17.8 Å². The fourth-order valence-electron chi connectivity index (χ4n) is 4.37. The summed E-state index contributed by atoms with van der Waals surface area (Å²) in [4.78, 5) is 41.5. The first kappa shape index (κ1) is 26.4. The van der Waals surface area contributed by atoms with Gasteiger partial charge in [-0.25, -0.2) is 4.98 Å². The van der Waals surface area contributed by atoms with E-state index >= 15 is 0 Å².